The van der Waals surface area contributed by atoms with Crippen molar-refractivity contribution in [3.63, 3.8) is 0 Å². The topological polar surface area (TPSA) is 124 Å². The molecule has 0 radical (unpaired) electrons. The summed E-state index contributed by atoms with van der Waals surface area (Å²) in [6.07, 6.45) is 4.55. The summed E-state index contributed by atoms with van der Waals surface area (Å²) in [5, 5.41) is 25.8. The summed E-state index contributed by atoms with van der Waals surface area (Å²) in [5.41, 5.74) is 1.26. The predicted octanol–water partition coefficient (Wildman–Crippen LogP) is 3.07. The molecule has 0 spiro atoms. The van der Waals surface area contributed by atoms with E-state index in [0.717, 1.165) is 5.56 Å². The lowest BCUT2D eigenvalue weighted by atomic mass is 10.1. The van der Waals surface area contributed by atoms with Crippen LogP contribution >= 0.6 is 0 Å². The Balaban J connectivity index is 1.60. The fourth-order valence-electron chi connectivity index (χ4n) is 3.14. The van der Waals surface area contributed by atoms with Crippen LogP contribution in [-0.4, -0.2) is 20.2 Å². The van der Waals surface area contributed by atoms with Gasteiger partial charge in [-0.15, -0.1) is 0 Å². The molecule has 4 aromatic rings. The highest BCUT2D eigenvalue weighted by atomic mass is 16.3. The van der Waals surface area contributed by atoms with E-state index in [-0.39, 0.29) is 28.9 Å². The van der Waals surface area contributed by atoms with E-state index in [1.165, 1.54) is 24.7 Å². The van der Waals surface area contributed by atoms with Gasteiger partial charge in [0.05, 0.1) is 11.9 Å². The largest absolute Gasteiger partial charge is 0.508 e. The van der Waals surface area contributed by atoms with E-state index in [1.54, 1.807) is 30.3 Å². The van der Waals surface area contributed by atoms with Crippen LogP contribution in [0, 0.1) is 0 Å². The summed E-state index contributed by atoms with van der Waals surface area (Å²) in [6, 6.07) is 11.0. The smallest absolute Gasteiger partial charge is 0.253 e. The molecule has 0 saturated carbocycles. The van der Waals surface area contributed by atoms with Gasteiger partial charge in [0, 0.05) is 29.7 Å². The number of phenols is 2. The van der Waals surface area contributed by atoms with Gasteiger partial charge in [0.25, 0.3) is 10.9 Å². The van der Waals surface area contributed by atoms with Crippen molar-refractivity contribution in [3.8, 4) is 22.8 Å². The molecule has 0 aliphatic carbocycles. The summed E-state index contributed by atoms with van der Waals surface area (Å²) in [7, 11) is 0. The van der Waals surface area contributed by atoms with E-state index < -0.39 is 10.9 Å². The van der Waals surface area contributed by atoms with Crippen LogP contribution in [0.15, 0.2) is 70.6 Å². The van der Waals surface area contributed by atoms with Gasteiger partial charge in [-0.3, -0.25) is 19.6 Å². The Morgan fingerprint density at radius 3 is 2.50 bits per heavy atom. The second-order valence-electron chi connectivity index (χ2n) is 6.82. The van der Waals surface area contributed by atoms with Crippen molar-refractivity contribution in [2.75, 3.05) is 10.6 Å². The highest BCUT2D eigenvalue weighted by Gasteiger charge is 2.23. The van der Waals surface area contributed by atoms with Gasteiger partial charge in [-0.1, -0.05) is 12.1 Å². The summed E-state index contributed by atoms with van der Waals surface area (Å²) in [6.45, 7) is 1.82. The molecule has 0 fully saturated rings. The van der Waals surface area contributed by atoms with Gasteiger partial charge < -0.3 is 20.8 Å². The van der Waals surface area contributed by atoms with Crippen molar-refractivity contribution in [1.29, 1.82) is 0 Å². The van der Waals surface area contributed by atoms with Crippen molar-refractivity contribution in [2.45, 2.75) is 13.0 Å². The second-order valence-corrected chi connectivity index (χ2v) is 6.82. The van der Waals surface area contributed by atoms with E-state index in [1.807, 2.05) is 13.0 Å². The van der Waals surface area contributed by atoms with E-state index in [2.05, 4.69) is 20.6 Å². The summed E-state index contributed by atoms with van der Waals surface area (Å²) in [5.74, 6) is 0.132. The Morgan fingerprint density at radius 1 is 0.967 bits per heavy atom. The first kappa shape index (κ1) is 19.1. The van der Waals surface area contributed by atoms with Crippen LogP contribution in [-0.2, 0) is 0 Å². The third kappa shape index (κ3) is 3.58. The third-order valence-corrected chi connectivity index (χ3v) is 4.75. The molecular weight excluding hydrogens is 384 g/mol. The molecule has 8 nitrogen and oxygen atoms in total. The number of phenolic OH excluding ortho intramolecular Hbond substituents is 2. The first-order valence-electron chi connectivity index (χ1n) is 9.19. The van der Waals surface area contributed by atoms with Crippen molar-refractivity contribution < 1.29 is 10.2 Å². The molecule has 0 aliphatic rings. The molecule has 1 heterocycles. The monoisotopic (exact) mass is 402 g/mol. The Bertz CT molecular complexity index is 1280. The van der Waals surface area contributed by atoms with Crippen LogP contribution < -0.4 is 21.5 Å². The molecule has 1 atom stereocenters. The van der Waals surface area contributed by atoms with Gasteiger partial charge >= 0.3 is 0 Å². The number of nitrogens with one attached hydrogen (secondary N) is 2. The summed E-state index contributed by atoms with van der Waals surface area (Å²) >= 11 is 0. The molecule has 30 heavy (non-hydrogen) atoms. The van der Waals surface area contributed by atoms with Gasteiger partial charge in [-0.05, 0) is 42.8 Å². The molecule has 0 bridgehead atoms. The van der Waals surface area contributed by atoms with Gasteiger partial charge in [-0.2, -0.15) is 0 Å². The maximum absolute atomic E-state index is 12.1. The molecule has 0 unspecified atom stereocenters. The molecule has 150 valence electrons. The van der Waals surface area contributed by atoms with Crippen molar-refractivity contribution in [2.24, 2.45) is 0 Å². The number of aromatic hydroxyl groups is 2. The molecule has 0 amide bonds. The first-order valence-corrected chi connectivity index (χ1v) is 9.19. The predicted molar refractivity (Wildman–Crippen MR) is 114 cm³/mol. The fourth-order valence-corrected chi connectivity index (χ4v) is 3.14. The summed E-state index contributed by atoms with van der Waals surface area (Å²) in [4.78, 5) is 32.4. The first-order chi connectivity index (χ1) is 14.4. The van der Waals surface area contributed by atoms with Crippen LogP contribution in [0.5, 0.6) is 11.5 Å². The zero-order valence-electron chi connectivity index (χ0n) is 16.0. The van der Waals surface area contributed by atoms with Gasteiger partial charge in [0.1, 0.15) is 22.9 Å². The van der Waals surface area contributed by atoms with E-state index >= 15 is 0 Å². The molecule has 8 heteroatoms. The van der Waals surface area contributed by atoms with Crippen LogP contribution in [0.4, 0.5) is 17.1 Å². The van der Waals surface area contributed by atoms with Gasteiger partial charge in [-0.25, -0.2) is 0 Å². The number of benzene rings is 2. The Kier molecular flexibility index (Phi) is 4.89. The van der Waals surface area contributed by atoms with E-state index in [0.29, 0.717) is 16.9 Å². The Morgan fingerprint density at radius 2 is 1.77 bits per heavy atom. The lowest BCUT2D eigenvalue weighted by molar-refractivity contribution is 0.474. The Labute approximate surface area is 171 Å². The van der Waals surface area contributed by atoms with Gasteiger partial charge in [0.2, 0.25) is 0 Å². The lowest BCUT2D eigenvalue weighted by Crippen LogP contribution is -2.37. The van der Waals surface area contributed by atoms with Crippen molar-refractivity contribution in [1.82, 2.24) is 9.97 Å². The molecular formula is C22H18N4O4. The zero-order chi connectivity index (χ0) is 21.3. The van der Waals surface area contributed by atoms with Crippen LogP contribution in [0.3, 0.4) is 0 Å². The molecule has 4 N–H and O–H groups in total. The van der Waals surface area contributed by atoms with Crippen LogP contribution in [0.1, 0.15) is 18.5 Å². The normalized spacial score (nSPS) is 11.9. The third-order valence-electron chi connectivity index (χ3n) is 4.75. The van der Waals surface area contributed by atoms with Crippen LogP contribution in [0.2, 0.25) is 0 Å². The molecule has 3 aromatic carbocycles. The average Bonchev–Trinajstić information content (AvgIpc) is 2.77. The second kappa shape index (κ2) is 7.67. The summed E-state index contributed by atoms with van der Waals surface area (Å²) < 4.78 is 0. The molecule has 1 aromatic heterocycles. The quantitative estimate of drug-likeness (QED) is 0.286. The minimum atomic E-state index is -0.630. The molecule has 0 saturated heterocycles. The maximum Gasteiger partial charge on any atom is 0.253 e. The maximum atomic E-state index is 12.1. The van der Waals surface area contributed by atoms with Crippen molar-refractivity contribution >= 4 is 17.1 Å². The highest BCUT2D eigenvalue weighted by molar-refractivity contribution is 5.81. The SMILES string of the molecule is C[C@H](Nc1c(Nc2ccc(O)c(-c3cnccn3)c2)c(=O)c1=O)c1cccc(O)c1. The minimum absolute atomic E-state index is 0.0156. The number of nitrogens with zero attached hydrogens (tertiary/aromatic N) is 2. The van der Waals surface area contributed by atoms with Gasteiger partial charge in [0.15, 0.2) is 0 Å². The molecule has 4 rings (SSSR count). The zero-order valence-corrected chi connectivity index (χ0v) is 16.0. The number of hydrogen-bond donors (Lipinski definition) is 4. The standard InChI is InChI=1S/C22H18N4O4/c1-12(13-3-2-4-15(27)9-13)25-19-20(22(30)21(19)29)26-14-5-6-18(28)16(10-14)17-11-23-7-8-24-17/h2-12,25-28H,1H3/t12-/m0/s1. The molecule has 0 aliphatic heterocycles. The fraction of sp³-hybridized carbons (Fsp3) is 0.0909. The van der Waals surface area contributed by atoms with E-state index in [4.69, 9.17) is 0 Å². The number of hydrogen-bond acceptors (Lipinski definition) is 8. The average molecular weight is 402 g/mol. The highest BCUT2D eigenvalue weighted by Crippen LogP contribution is 2.32. The van der Waals surface area contributed by atoms with Crippen molar-refractivity contribution in [3.05, 3.63) is 87.1 Å². The Hall–Kier alpha value is -4.20. The number of anilines is 3. The number of rotatable bonds is 6. The van der Waals surface area contributed by atoms with Crippen LogP contribution in [0.25, 0.3) is 11.3 Å². The number of aromatic nitrogens is 2. The van der Waals surface area contributed by atoms with E-state index in [9.17, 15) is 19.8 Å². The lowest BCUT2D eigenvalue weighted by Gasteiger charge is -2.20. The minimum Gasteiger partial charge on any atom is -0.508 e.